The third-order valence-electron chi connectivity index (χ3n) is 3.69. The number of hydrogen-bond acceptors (Lipinski definition) is 6. The lowest BCUT2D eigenvalue weighted by Gasteiger charge is -2.06. The van der Waals surface area contributed by atoms with Gasteiger partial charge in [-0.25, -0.2) is 4.79 Å². The highest BCUT2D eigenvalue weighted by atomic mass is 35.5. The SMILES string of the molecule is O=c1cc(Cn2nnc(-c3ccccc3)n2)c2cc(Cl)c(O)cc2o1. The molecule has 0 saturated heterocycles. The van der Waals surface area contributed by atoms with Crippen molar-refractivity contribution in [3.05, 3.63) is 69.5 Å². The minimum atomic E-state index is -0.535. The Hall–Kier alpha value is -3.19. The molecule has 2 aromatic heterocycles. The quantitative estimate of drug-likeness (QED) is 0.568. The van der Waals surface area contributed by atoms with Gasteiger partial charge in [-0.05, 0) is 16.8 Å². The Balaban J connectivity index is 1.75. The maximum atomic E-state index is 11.8. The normalized spacial score (nSPS) is 11.1. The minimum Gasteiger partial charge on any atom is -0.506 e. The molecule has 8 heteroatoms. The zero-order chi connectivity index (χ0) is 17.4. The summed E-state index contributed by atoms with van der Waals surface area (Å²) < 4.78 is 5.11. The Morgan fingerprint density at radius 3 is 2.76 bits per heavy atom. The molecule has 0 saturated carbocycles. The molecule has 2 heterocycles. The molecule has 7 nitrogen and oxygen atoms in total. The second-order valence-electron chi connectivity index (χ2n) is 5.40. The van der Waals surface area contributed by atoms with Crippen LogP contribution in [0.25, 0.3) is 22.4 Å². The molecule has 4 rings (SSSR count). The number of benzene rings is 2. The third-order valence-corrected chi connectivity index (χ3v) is 4.00. The molecule has 0 unspecified atom stereocenters. The number of fused-ring (bicyclic) bond motifs is 1. The summed E-state index contributed by atoms with van der Waals surface area (Å²) in [6, 6.07) is 13.7. The molecule has 25 heavy (non-hydrogen) atoms. The highest BCUT2D eigenvalue weighted by molar-refractivity contribution is 6.32. The molecule has 2 aromatic carbocycles. The number of nitrogens with zero attached hydrogens (tertiary/aromatic N) is 4. The van der Waals surface area contributed by atoms with Crippen LogP contribution in [0.2, 0.25) is 5.02 Å². The Morgan fingerprint density at radius 2 is 1.96 bits per heavy atom. The Kier molecular flexibility index (Phi) is 3.70. The number of aromatic nitrogens is 4. The molecule has 0 atom stereocenters. The fourth-order valence-electron chi connectivity index (χ4n) is 2.53. The molecule has 0 spiro atoms. The van der Waals surface area contributed by atoms with Gasteiger partial charge in [-0.15, -0.1) is 10.2 Å². The van der Waals surface area contributed by atoms with Crippen molar-refractivity contribution in [1.29, 1.82) is 0 Å². The van der Waals surface area contributed by atoms with Gasteiger partial charge in [-0.2, -0.15) is 4.80 Å². The standard InChI is InChI=1S/C17H11ClN4O3/c18-13-7-12-11(6-16(24)25-15(12)8-14(13)23)9-22-20-17(19-21-22)10-4-2-1-3-5-10/h1-8,23H,9H2. The van der Waals surface area contributed by atoms with E-state index in [1.54, 1.807) is 6.07 Å². The van der Waals surface area contributed by atoms with Crippen LogP contribution in [0.3, 0.4) is 0 Å². The van der Waals surface area contributed by atoms with Gasteiger partial charge in [0.25, 0.3) is 0 Å². The van der Waals surface area contributed by atoms with Crippen LogP contribution in [0.4, 0.5) is 0 Å². The van der Waals surface area contributed by atoms with Crippen molar-refractivity contribution in [3.63, 3.8) is 0 Å². The van der Waals surface area contributed by atoms with E-state index in [1.165, 1.54) is 16.9 Å². The average Bonchev–Trinajstić information content (AvgIpc) is 3.06. The van der Waals surface area contributed by atoms with Crippen LogP contribution in [0, 0.1) is 0 Å². The Morgan fingerprint density at radius 1 is 1.16 bits per heavy atom. The fraction of sp³-hybridized carbons (Fsp3) is 0.0588. The molecule has 0 amide bonds. The molecule has 1 N–H and O–H groups in total. The number of hydrogen-bond donors (Lipinski definition) is 1. The van der Waals surface area contributed by atoms with Crippen molar-refractivity contribution in [3.8, 4) is 17.1 Å². The second-order valence-corrected chi connectivity index (χ2v) is 5.81. The molecule has 4 aromatic rings. The number of aromatic hydroxyl groups is 1. The van der Waals surface area contributed by atoms with E-state index in [4.69, 9.17) is 16.0 Å². The average molecular weight is 355 g/mol. The predicted octanol–water partition coefficient (Wildman–Crippen LogP) is 2.85. The lowest BCUT2D eigenvalue weighted by molar-refractivity contribution is 0.473. The van der Waals surface area contributed by atoms with Crippen LogP contribution >= 0.6 is 11.6 Å². The van der Waals surface area contributed by atoms with Crippen LogP contribution in [-0.4, -0.2) is 25.3 Å². The summed E-state index contributed by atoms with van der Waals surface area (Å²) in [5, 5.41) is 22.8. The van der Waals surface area contributed by atoms with Gasteiger partial charge in [0.15, 0.2) is 0 Å². The van der Waals surface area contributed by atoms with Gasteiger partial charge in [-0.1, -0.05) is 41.9 Å². The maximum Gasteiger partial charge on any atom is 0.336 e. The summed E-state index contributed by atoms with van der Waals surface area (Å²) in [6.07, 6.45) is 0. The first-order valence-corrected chi connectivity index (χ1v) is 7.76. The third kappa shape index (κ3) is 2.97. The molecule has 0 aliphatic rings. The minimum absolute atomic E-state index is 0.153. The molecule has 0 aliphatic carbocycles. The zero-order valence-corrected chi connectivity index (χ0v) is 13.5. The molecule has 124 valence electrons. The van der Waals surface area contributed by atoms with E-state index < -0.39 is 5.63 Å². The second kappa shape index (κ2) is 6.03. The Labute approximate surface area is 146 Å². The summed E-state index contributed by atoms with van der Waals surface area (Å²) in [4.78, 5) is 13.2. The van der Waals surface area contributed by atoms with Gasteiger partial charge in [-0.3, -0.25) is 0 Å². The molecular formula is C17H11ClN4O3. The van der Waals surface area contributed by atoms with Crippen molar-refractivity contribution in [2.24, 2.45) is 0 Å². The van der Waals surface area contributed by atoms with Crippen LogP contribution in [-0.2, 0) is 6.54 Å². The summed E-state index contributed by atoms with van der Waals surface area (Å²) in [5.41, 5.74) is 1.17. The monoisotopic (exact) mass is 354 g/mol. The van der Waals surface area contributed by atoms with Crippen molar-refractivity contribution in [2.75, 3.05) is 0 Å². The van der Waals surface area contributed by atoms with Gasteiger partial charge in [0.05, 0.1) is 11.6 Å². The van der Waals surface area contributed by atoms with Crippen LogP contribution < -0.4 is 5.63 Å². The largest absolute Gasteiger partial charge is 0.506 e. The van der Waals surface area contributed by atoms with Crippen molar-refractivity contribution in [2.45, 2.75) is 6.54 Å². The number of phenols is 1. The highest BCUT2D eigenvalue weighted by Crippen LogP contribution is 2.30. The molecule has 0 fully saturated rings. The lowest BCUT2D eigenvalue weighted by Crippen LogP contribution is -2.08. The lowest BCUT2D eigenvalue weighted by atomic mass is 10.1. The first kappa shape index (κ1) is 15.3. The highest BCUT2D eigenvalue weighted by Gasteiger charge is 2.12. The van der Waals surface area contributed by atoms with E-state index in [0.29, 0.717) is 16.8 Å². The van der Waals surface area contributed by atoms with E-state index in [1.807, 2.05) is 30.3 Å². The summed E-state index contributed by atoms with van der Waals surface area (Å²) >= 11 is 5.97. The molecular weight excluding hydrogens is 344 g/mol. The summed E-state index contributed by atoms with van der Waals surface area (Å²) in [6.45, 7) is 0.211. The van der Waals surface area contributed by atoms with Crippen molar-refractivity contribution in [1.82, 2.24) is 20.2 Å². The first-order chi connectivity index (χ1) is 12.1. The predicted molar refractivity (Wildman–Crippen MR) is 91.5 cm³/mol. The van der Waals surface area contributed by atoms with E-state index in [0.717, 1.165) is 5.56 Å². The molecule has 0 bridgehead atoms. The van der Waals surface area contributed by atoms with E-state index >= 15 is 0 Å². The fourth-order valence-corrected chi connectivity index (χ4v) is 2.70. The number of halogens is 1. The van der Waals surface area contributed by atoms with Crippen LogP contribution in [0.5, 0.6) is 5.75 Å². The summed E-state index contributed by atoms with van der Waals surface area (Å²) in [5.74, 6) is 0.336. The first-order valence-electron chi connectivity index (χ1n) is 7.38. The topological polar surface area (TPSA) is 94.0 Å². The van der Waals surface area contributed by atoms with Gasteiger partial charge in [0.2, 0.25) is 5.82 Å². The summed E-state index contributed by atoms with van der Waals surface area (Å²) in [7, 11) is 0. The van der Waals surface area contributed by atoms with E-state index in [9.17, 15) is 9.90 Å². The smallest absolute Gasteiger partial charge is 0.336 e. The van der Waals surface area contributed by atoms with Crippen molar-refractivity contribution >= 4 is 22.6 Å². The van der Waals surface area contributed by atoms with Gasteiger partial charge in [0, 0.05) is 23.1 Å². The molecule has 0 aliphatic heterocycles. The number of tetrazole rings is 1. The van der Waals surface area contributed by atoms with Gasteiger partial charge < -0.3 is 9.52 Å². The van der Waals surface area contributed by atoms with Crippen LogP contribution in [0.15, 0.2) is 57.7 Å². The maximum absolute atomic E-state index is 11.8. The van der Waals surface area contributed by atoms with Crippen molar-refractivity contribution < 1.29 is 9.52 Å². The van der Waals surface area contributed by atoms with Gasteiger partial charge in [0.1, 0.15) is 11.3 Å². The van der Waals surface area contributed by atoms with E-state index in [2.05, 4.69) is 15.4 Å². The van der Waals surface area contributed by atoms with Crippen LogP contribution in [0.1, 0.15) is 5.56 Å². The number of rotatable bonds is 3. The zero-order valence-electron chi connectivity index (χ0n) is 12.8. The molecule has 0 radical (unpaired) electrons. The van der Waals surface area contributed by atoms with E-state index in [-0.39, 0.29) is 22.9 Å². The Bertz CT molecular complexity index is 1120. The van der Waals surface area contributed by atoms with Gasteiger partial charge >= 0.3 is 5.63 Å². The number of phenolic OH excluding ortho intramolecular Hbond substituents is 1.